The molecule has 0 fully saturated rings. The second kappa shape index (κ2) is 6.25. The van der Waals surface area contributed by atoms with Gasteiger partial charge in [0, 0.05) is 48.7 Å². The lowest BCUT2D eigenvalue weighted by Gasteiger charge is -2.15. The van der Waals surface area contributed by atoms with Crippen molar-refractivity contribution in [3.8, 4) is 0 Å². The lowest BCUT2D eigenvalue weighted by molar-refractivity contribution is 1.31. The minimum absolute atomic E-state index is 0.972. The van der Waals surface area contributed by atoms with Crippen LogP contribution in [0.4, 0.5) is 0 Å². The predicted molar refractivity (Wildman–Crippen MR) is 142 cm³/mol. The zero-order valence-corrected chi connectivity index (χ0v) is 18.4. The smallest absolute Gasteiger partial charge is 0.0978 e. The molecular formula is C30H16N2S. The van der Waals surface area contributed by atoms with Crippen molar-refractivity contribution in [2.45, 2.75) is 0 Å². The minimum Gasteiger partial charge on any atom is -0.252 e. The molecule has 0 spiro atoms. The highest BCUT2D eigenvalue weighted by Gasteiger charge is 2.18. The van der Waals surface area contributed by atoms with Crippen LogP contribution >= 0.6 is 11.3 Å². The van der Waals surface area contributed by atoms with Gasteiger partial charge in [-0.05, 0) is 45.1 Å². The van der Waals surface area contributed by atoms with Crippen LogP contribution < -0.4 is 0 Å². The van der Waals surface area contributed by atoms with Gasteiger partial charge in [-0.3, -0.25) is 9.97 Å². The Bertz CT molecular complexity index is 2090. The Morgan fingerprint density at radius 2 is 1.03 bits per heavy atom. The van der Waals surface area contributed by atoms with E-state index < -0.39 is 0 Å². The zero-order valence-electron chi connectivity index (χ0n) is 17.5. The van der Waals surface area contributed by atoms with Gasteiger partial charge in [0.1, 0.15) is 0 Å². The van der Waals surface area contributed by atoms with E-state index in [4.69, 9.17) is 9.97 Å². The highest BCUT2D eigenvalue weighted by molar-refractivity contribution is 7.25. The monoisotopic (exact) mass is 436 g/mol. The van der Waals surface area contributed by atoms with Crippen LogP contribution in [0.25, 0.3) is 74.3 Å². The summed E-state index contributed by atoms with van der Waals surface area (Å²) in [5.74, 6) is 0. The van der Waals surface area contributed by atoms with Gasteiger partial charge in [-0.25, -0.2) is 0 Å². The first-order chi connectivity index (χ1) is 16.4. The Morgan fingerprint density at radius 3 is 1.79 bits per heavy atom. The molecule has 0 unspecified atom stereocenters. The molecule has 0 saturated heterocycles. The molecule has 0 amide bonds. The lowest BCUT2D eigenvalue weighted by Crippen LogP contribution is -1.91. The average Bonchev–Trinajstić information content (AvgIpc) is 3.25. The van der Waals surface area contributed by atoms with Gasteiger partial charge >= 0.3 is 0 Å². The van der Waals surface area contributed by atoms with Gasteiger partial charge in [0.15, 0.2) is 0 Å². The Hall–Kier alpha value is -4.08. The molecule has 0 aliphatic rings. The first kappa shape index (κ1) is 17.5. The summed E-state index contributed by atoms with van der Waals surface area (Å²) in [5.41, 5.74) is 1.95. The van der Waals surface area contributed by atoms with Crippen LogP contribution in [-0.4, -0.2) is 9.97 Å². The molecule has 2 aromatic heterocycles. The molecule has 0 saturated carbocycles. The fourth-order valence-corrected chi connectivity index (χ4v) is 6.69. The number of benzene rings is 6. The van der Waals surface area contributed by atoms with Gasteiger partial charge in [0.25, 0.3) is 0 Å². The molecule has 3 heteroatoms. The SMILES string of the molecule is c1ccc2c(c1)sc1cc3c(cc12)c1c2ccccc2c2ccccc2c1c1nccnc31. The van der Waals surface area contributed by atoms with E-state index >= 15 is 0 Å². The van der Waals surface area contributed by atoms with Crippen molar-refractivity contribution in [3.63, 3.8) is 0 Å². The number of fused-ring (bicyclic) bond motifs is 14. The summed E-state index contributed by atoms with van der Waals surface area (Å²) < 4.78 is 2.61. The molecule has 152 valence electrons. The highest BCUT2D eigenvalue weighted by Crippen LogP contribution is 2.45. The number of aromatic nitrogens is 2. The highest BCUT2D eigenvalue weighted by atomic mass is 32.1. The third kappa shape index (κ3) is 2.22. The van der Waals surface area contributed by atoms with Gasteiger partial charge in [0.05, 0.1) is 11.0 Å². The van der Waals surface area contributed by atoms with Crippen molar-refractivity contribution in [1.82, 2.24) is 9.97 Å². The molecule has 0 bridgehead atoms. The van der Waals surface area contributed by atoms with Gasteiger partial charge in [-0.2, -0.15) is 0 Å². The van der Waals surface area contributed by atoms with Crippen LogP contribution in [0.3, 0.4) is 0 Å². The normalized spacial score (nSPS) is 12.2. The van der Waals surface area contributed by atoms with Crippen LogP contribution in [0.1, 0.15) is 0 Å². The van der Waals surface area contributed by atoms with Gasteiger partial charge < -0.3 is 0 Å². The lowest BCUT2D eigenvalue weighted by atomic mass is 9.89. The summed E-state index contributed by atoms with van der Waals surface area (Å²) in [4.78, 5) is 9.73. The third-order valence-corrected chi connectivity index (χ3v) is 8.04. The Balaban J connectivity index is 1.79. The summed E-state index contributed by atoms with van der Waals surface area (Å²) in [6, 6.07) is 30.9. The molecule has 2 nitrogen and oxygen atoms in total. The summed E-state index contributed by atoms with van der Waals surface area (Å²) in [6.45, 7) is 0. The van der Waals surface area contributed by atoms with E-state index in [1.54, 1.807) is 0 Å². The first-order valence-electron chi connectivity index (χ1n) is 11.1. The van der Waals surface area contributed by atoms with E-state index in [1.807, 2.05) is 23.7 Å². The van der Waals surface area contributed by atoms with Gasteiger partial charge in [-0.1, -0.05) is 66.7 Å². The molecule has 0 N–H and O–H groups in total. The number of rotatable bonds is 0. The Kier molecular flexibility index (Phi) is 3.31. The quantitative estimate of drug-likeness (QED) is 0.222. The summed E-state index contributed by atoms with van der Waals surface area (Å²) in [7, 11) is 0. The van der Waals surface area contributed by atoms with Crippen LogP contribution in [-0.2, 0) is 0 Å². The second-order valence-electron chi connectivity index (χ2n) is 8.59. The van der Waals surface area contributed by atoms with Crippen LogP contribution in [0.5, 0.6) is 0 Å². The average molecular weight is 437 g/mol. The maximum absolute atomic E-state index is 4.88. The van der Waals surface area contributed by atoms with Crippen molar-refractivity contribution < 1.29 is 0 Å². The molecule has 8 rings (SSSR count). The summed E-state index contributed by atoms with van der Waals surface area (Å²) in [6.07, 6.45) is 3.63. The number of thiophene rings is 1. The number of nitrogens with zero attached hydrogens (tertiary/aromatic N) is 2. The van der Waals surface area contributed by atoms with Crippen LogP contribution in [0, 0.1) is 0 Å². The van der Waals surface area contributed by atoms with Gasteiger partial charge in [0.2, 0.25) is 0 Å². The van der Waals surface area contributed by atoms with E-state index in [9.17, 15) is 0 Å². The first-order valence-corrected chi connectivity index (χ1v) is 11.9. The van der Waals surface area contributed by atoms with Crippen molar-refractivity contribution >= 4 is 85.6 Å². The molecule has 0 radical (unpaired) electrons. The van der Waals surface area contributed by atoms with E-state index in [1.165, 1.54) is 63.3 Å². The summed E-state index contributed by atoms with van der Waals surface area (Å²) >= 11 is 1.85. The fourth-order valence-electron chi connectivity index (χ4n) is 5.56. The van der Waals surface area contributed by atoms with Crippen molar-refractivity contribution in [2.75, 3.05) is 0 Å². The van der Waals surface area contributed by atoms with E-state index in [2.05, 4.69) is 84.9 Å². The number of hydrogen-bond acceptors (Lipinski definition) is 3. The standard InChI is InChI=1S/C30H16N2S/c1-3-10-20-17(7-1)18-8-2-4-11-21(18)28-27(20)23-15-22-19-9-5-6-12-25(19)33-26(22)16-24(23)29-30(28)32-14-13-31-29/h1-16H. The molecular weight excluding hydrogens is 420 g/mol. The molecule has 33 heavy (non-hydrogen) atoms. The van der Waals surface area contributed by atoms with Crippen LogP contribution in [0.15, 0.2) is 97.3 Å². The largest absolute Gasteiger partial charge is 0.252 e. The molecule has 6 aromatic carbocycles. The molecule has 0 aliphatic heterocycles. The van der Waals surface area contributed by atoms with Crippen LogP contribution in [0.2, 0.25) is 0 Å². The third-order valence-electron chi connectivity index (χ3n) is 6.91. The summed E-state index contributed by atoms with van der Waals surface area (Å²) in [5, 5.41) is 12.5. The minimum atomic E-state index is 0.972. The maximum Gasteiger partial charge on any atom is 0.0978 e. The molecule has 0 atom stereocenters. The molecule has 2 heterocycles. The van der Waals surface area contributed by atoms with Crippen molar-refractivity contribution in [2.24, 2.45) is 0 Å². The fraction of sp³-hybridized carbons (Fsp3) is 0. The Labute approximate surface area is 192 Å². The van der Waals surface area contributed by atoms with Crippen molar-refractivity contribution in [3.05, 3.63) is 97.3 Å². The van der Waals surface area contributed by atoms with E-state index in [-0.39, 0.29) is 0 Å². The molecule has 8 aromatic rings. The maximum atomic E-state index is 4.88. The second-order valence-corrected chi connectivity index (χ2v) is 9.67. The van der Waals surface area contributed by atoms with E-state index in [0.717, 1.165) is 11.0 Å². The molecule has 0 aliphatic carbocycles. The topological polar surface area (TPSA) is 25.8 Å². The van der Waals surface area contributed by atoms with Gasteiger partial charge in [-0.15, -0.1) is 11.3 Å². The van der Waals surface area contributed by atoms with E-state index in [0.29, 0.717) is 0 Å². The zero-order chi connectivity index (χ0) is 21.5. The van der Waals surface area contributed by atoms with Crippen molar-refractivity contribution in [1.29, 1.82) is 0 Å². The predicted octanol–water partition coefficient (Wildman–Crippen LogP) is 8.61. The number of hydrogen-bond donors (Lipinski definition) is 0. The Morgan fingerprint density at radius 1 is 0.424 bits per heavy atom.